The third-order valence-electron chi connectivity index (χ3n) is 2.71. The Kier molecular flexibility index (Phi) is 4.64. The highest BCUT2D eigenvalue weighted by Crippen LogP contribution is 2.09. The molecule has 0 atom stereocenters. The van der Waals surface area contributed by atoms with Gasteiger partial charge in [-0.15, -0.1) is 11.3 Å². The maximum atomic E-state index is 12.0. The van der Waals surface area contributed by atoms with Gasteiger partial charge in [-0.05, 0) is 19.4 Å². The Balaban J connectivity index is 2.05. The summed E-state index contributed by atoms with van der Waals surface area (Å²) in [7, 11) is 0. The molecular weight excluding hydrogens is 264 g/mol. The Morgan fingerprint density at radius 3 is 3.05 bits per heavy atom. The highest BCUT2D eigenvalue weighted by atomic mass is 32.1. The van der Waals surface area contributed by atoms with E-state index in [-0.39, 0.29) is 5.91 Å². The second-order valence-electron chi connectivity index (χ2n) is 4.14. The number of carbonyl (C=O) groups is 1. The molecule has 0 radical (unpaired) electrons. The summed E-state index contributed by atoms with van der Waals surface area (Å²) in [5.41, 5.74) is 5.33. The Bertz CT molecular complexity index is 619. The van der Waals surface area contributed by atoms with Gasteiger partial charge in [-0.1, -0.05) is 6.42 Å². The lowest BCUT2D eigenvalue weighted by molar-refractivity contribution is 0.0946. The van der Waals surface area contributed by atoms with Crippen LogP contribution >= 0.6 is 11.3 Å². The summed E-state index contributed by atoms with van der Waals surface area (Å²) in [6.07, 6.45) is 4.56. The van der Waals surface area contributed by atoms with Gasteiger partial charge in [0, 0.05) is 24.2 Å². The third-order valence-corrected chi connectivity index (χ3v) is 3.47. The SMILES string of the molecule is NCCCCCNC(=O)c1cc(=O)nc2sccn12. The van der Waals surface area contributed by atoms with E-state index in [1.165, 1.54) is 17.4 Å². The zero-order chi connectivity index (χ0) is 13.7. The van der Waals surface area contributed by atoms with Crippen LogP contribution in [0.4, 0.5) is 0 Å². The molecule has 0 saturated heterocycles. The minimum absolute atomic E-state index is 0.249. The van der Waals surface area contributed by atoms with Crippen LogP contribution in [0.15, 0.2) is 22.4 Å². The number of carbonyl (C=O) groups excluding carboxylic acids is 1. The molecule has 0 spiro atoms. The number of fused-ring (bicyclic) bond motifs is 1. The first-order chi connectivity index (χ1) is 9.22. The molecule has 2 rings (SSSR count). The maximum absolute atomic E-state index is 12.0. The Morgan fingerprint density at radius 1 is 1.42 bits per heavy atom. The summed E-state index contributed by atoms with van der Waals surface area (Å²) < 4.78 is 1.63. The van der Waals surface area contributed by atoms with E-state index in [1.807, 2.05) is 0 Å². The maximum Gasteiger partial charge on any atom is 0.274 e. The Morgan fingerprint density at radius 2 is 2.26 bits per heavy atom. The molecule has 0 aliphatic heterocycles. The van der Waals surface area contributed by atoms with Crippen LogP contribution in [-0.2, 0) is 0 Å². The van der Waals surface area contributed by atoms with Gasteiger partial charge >= 0.3 is 0 Å². The standard InChI is InChI=1S/C12H16N4O2S/c13-4-2-1-3-5-14-11(18)9-8-10(17)15-12-16(9)6-7-19-12/h6-8H,1-5,13H2,(H,14,18). The summed E-state index contributed by atoms with van der Waals surface area (Å²) in [6, 6.07) is 1.26. The van der Waals surface area contributed by atoms with E-state index in [4.69, 9.17) is 5.73 Å². The fourth-order valence-electron chi connectivity index (χ4n) is 1.76. The van der Waals surface area contributed by atoms with E-state index in [0.29, 0.717) is 23.7 Å². The number of hydrogen-bond donors (Lipinski definition) is 2. The summed E-state index contributed by atoms with van der Waals surface area (Å²) in [5.74, 6) is -0.249. The van der Waals surface area contributed by atoms with Gasteiger partial charge in [-0.25, -0.2) is 0 Å². The van der Waals surface area contributed by atoms with Crippen LogP contribution in [0.5, 0.6) is 0 Å². The minimum Gasteiger partial charge on any atom is -0.351 e. The molecule has 19 heavy (non-hydrogen) atoms. The third kappa shape index (κ3) is 3.39. The second kappa shape index (κ2) is 6.44. The number of nitrogens with zero attached hydrogens (tertiary/aromatic N) is 2. The number of nitrogens with two attached hydrogens (primary N) is 1. The van der Waals surface area contributed by atoms with Crippen LogP contribution in [0.2, 0.25) is 0 Å². The fraction of sp³-hybridized carbons (Fsp3) is 0.417. The average molecular weight is 280 g/mol. The molecule has 0 aliphatic rings. The van der Waals surface area contributed by atoms with Crippen LogP contribution in [0, 0.1) is 0 Å². The number of amides is 1. The molecule has 0 aromatic carbocycles. The van der Waals surface area contributed by atoms with Gasteiger partial charge in [0.2, 0.25) is 0 Å². The Labute approximate surface area is 114 Å². The number of thiazole rings is 1. The highest BCUT2D eigenvalue weighted by molar-refractivity contribution is 7.15. The van der Waals surface area contributed by atoms with E-state index in [2.05, 4.69) is 10.3 Å². The lowest BCUT2D eigenvalue weighted by Crippen LogP contribution is -2.28. The van der Waals surface area contributed by atoms with E-state index >= 15 is 0 Å². The molecule has 7 heteroatoms. The molecule has 0 unspecified atom stereocenters. The lowest BCUT2D eigenvalue weighted by atomic mass is 10.2. The summed E-state index contributed by atoms with van der Waals surface area (Å²) in [4.78, 5) is 27.8. The van der Waals surface area contributed by atoms with Crippen molar-refractivity contribution in [2.75, 3.05) is 13.1 Å². The largest absolute Gasteiger partial charge is 0.351 e. The summed E-state index contributed by atoms with van der Waals surface area (Å²) >= 11 is 1.33. The summed E-state index contributed by atoms with van der Waals surface area (Å²) in [5, 5.41) is 4.60. The molecule has 0 aliphatic carbocycles. The molecule has 2 heterocycles. The molecule has 2 aromatic rings. The van der Waals surface area contributed by atoms with Crippen LogP contribution in [0.1, 0.15) is 29.8 Å². The van der Waals surface area contributed by atoms with Crippen molar-refractivity contribution >= 4 is 22.2 Å². The van der Waals surface area contributed by atoms with Crippen molar-refractivity contribution in [1.82, 2.24) is 14.7 Å². The average Bonchev–Trinajstić information content (AvgIpc) is 2.85. The number of nitrogens with one attached hydrogen (secondary N) is 1. The molecule has 2 aromatic heterocycles. The van der Waals surface area contributed by atoms with Crippen LogP contribution in [-0.4, -0.2) is 28.4 Å². The molecule has 0 bridgehead atoms. The molecule has 1 amide bonds. The van der Waals surface area contributed by atoms with Crippen LogP contribution < -0.4 is 16.6 Å². The van der Waals surface area contributed by atoms with Crippen molar-refractivity contribution in [2.45, 2.75) is 19.3 Å². The van der Waals surface area contributed by atoms with E-state index < -0.39 is 5.56 Å². The topological polar surface area (TPSA) is 89.5 Å². The normalized spacial score (nSPS) is 10.8. The molecule has 3 N–H and O–H groups in total. The van der Waals surface area contributed by atoms with E-state index in [1.54, 1.807) is 16.0 Å². The van der Waals surface area contributed by atoms with Gasteiger partial charge < -0.3 is 11.1 Å². The monoisotopic (exact) mass is 280 g/mol. The van der Waals surface area contributed by atoms with Gasteiger partial charge in [-0.2, -0.15) is 4.98 Å². The van der Waals surface area contributed by atoms with E-state index in [9.17, 15) is 9.59 Å². The molecule has 6 nitrogen and oxygen atoms in total. The van der Waals surface area contributed by atoms with Crippen molar-refractivity contribution in [3.8, 4) is 0 Å². The fourth-order valence-corrected chi connectivity index (χ4v) is 2.48. The Hall–Kier alpha value is -1.73. The quantitative estimate of drug-likeness (QED) is 0.759. The van der Waals surface area contributed by atoms with Crippen molar-refractivity contribution < 1.29 is 4.79 Å². The predicted octanol–water partition coefficient (Wildman–Crippen LogP) is 0.615. The predicted molar refractivity (Wildman–Crippen MR) is 74.6 cm³/mol. The van der Waals surface area contributed by atoms with Gasteiger partial charge in [0.25, 0.3) is 11.5 Å². The van der Waals surface area contributed by atoms with Crippen molar-refractivity contribution in [2.24, 2.45) is 5.73 Å². The summed E-state index contributed by atoms with van der Waals surface area (Å²) in [6.45, 7) is 1.25. The zero-order valence-electron chi connectivity index (χ0n) is 10.5. The van der Waals surface area contributed by atoms with Crippen molar-refractivity contribution in [1.29, 1.82) is 0 Å². The van der Waals surface area contributed by atoms with Crippen molar-refractivity contribution in [3.63, 3.8) is 0 Å². The first-order valence-corrected chi connectivity index (χ1v) is 7.05. The minimum atomic E-state index is -0.393. The number of hydrogen-bond acceptors (Lipinski definition) is 5. The molecule has 102 valence electrons. The second-order valence-corrected chi connectivity index (χ2v) is 5.01. The molecule has 0 fully saturated rings. The van der Waals surface area contributed by atoms with Gasteiger partial charge in [-0.3, -0.25) is 14.0 Å². The first kappa shape index (κ1) is 13.7. The zero-order valence-corrected chi connectivity index (χ0v) is 11.3. The first-order valence-electron chi connectivity index (χ1n) is 6.17. The molecule has 0 saturated carbocycles. The smallest absolute Gasteiger partial charge is 0.274 e. The lowest BCUT2D eigenvalue weighted by Gasteiger charge is -2.06. The van der Waals surface area contributed by atoms with Crippen LogP contribution in [0.3, 0.4) is 0 Å². The van der Waals surface area contributed by atoms with Crippen molar-refractivity contribution in [3.05, 3.63) is 33.7 Å². The van der Waals surface area contributed by atoms with Gasteiger partial charge in [0.1, 0.15) is 5.69 Å². The number of unbranched alkanes of at least 4 members (excludes halogenated alkanes) is 2. The molecular formula is C12H16N4O2S. The van der Waals surface area contributed by atoms with Gasteiger partial charge in [0.15, 0.2) is 4.96 Å². The highest BCUT2D eigenvalue weighted by Gasteiger charge is 2.11. The van der Waals surface area contributed by atoms with E-state index in [0.717, 1.165) is 19.3 Å². The number of rotatable bonds is 6. The number of aromatic nitrogens is 2. The van der Waals surface area contributed by atoms with Crippen LogP contribution in [0.25, 0.3) is 4.96 Å². The van der Waals surface area contributed by atoms with Gasteiger partial charge in [0.05, 0.1) is 0 Å².